The Morgan fingerprint density at radius 3 is 2.15 bits per heavy atom. The molecule has 1 N–H and O–H groups in total. The molecule has 1 aromatic heterocycles. The van der Waals surface area contributed by atoms with Crippen molar-refractivity contribution in [2.45, 2.75) is 0 Å². The van der Waals surface area contributed by atoms with Crippen molar-refractivity contribution in [1.29, 1.82) is 0 Å². The molecule has 1 heterocycles. The quantitative estimate of drug-likeness (QED) is 0.530. The van der Waals surface area contributed by atoms with Crippen molar-refractivity contribution in [3.8, 4) is 0 Å². The maximum Gasteiger partial charge on any atom is 0.326 e. The van der Waals surface area contributed by atoms with Crippen molar-refractivity contribution >= 4 is 12.0 Å². The van der Waals surface area contributed by atoms with Crippen LogP contribution in [0.5, 0.6) is 0 Å². The molecular weight excluding hydrogens is 172 g/mol. The highest BCUT2D eigenvalue weighted by molar-refractivity contribution is 5.70. The van der Waals surface area contributed by atoms with E-state index in [1.54, 1.807) is 12.4 Å². The Balaban J connectivity index is 0.000000223. The van der Waals surface area contributed by atoms with E-state index in [0.29, 0.717) is 0 Å². The number of aliphatic carboxylic acids is 1. The lowest BCUT2D eigenvalue weighted by molar-refractivity contribution is -0.135. The van der Waals surface area contributed by atoms with Crippen LogP contribution in [-0.4, -0.2) is 28.7 Å². The van der Waals surface area contributed by atoms with Gasteiger partial charge in [-0.25, -0.2) is 4.79 Å². The van der Waals surface area contributed by atoms with Gasteiger partial charge in [0, 0.05) is 12.4 Å². The third kappa shape index (κ3) is 10.0. The van der Waals surface area contributed by atoms with E-state index in [-0.39, 0.29) is 0 Å². The molecule has 0 aliphatic rings. The first kappa shape index (κ1) is 11.0. The summed E-state index contributed by atoms with van der Waals surface area (Å²) in [5, 5.41) is 7.77. The Morgan fingerprint density at radius 1 is 1.38 bits per heavy atom. The van der Waals surface area contributed by atoms with Crippen LogP contribution in [0, 0.1) is 0 Å². The van der Waals surface area contributed by atoms with Gasteiger partial charge < -0.3 is 5.11 Å². The van der Waals surface area contributed by atoms with Gasteiger partial charge >= 0.3 is 5.97 Å². The zero-order chi connectivity index (χ0) is 9.94. The van der Waals surface area contributed by atoms with Crippen LogP contribution in [0.1, 0.15) is 0 Å². The number of aliphatic imine (C=N–C) groups is 1. The van der Waals surface area contributed by atoms with E-state index in [4.69, 9.17) is 9.90 Å². The summed E-state index contributed by atoms with van der Waals surface area (Å²) in [6, 6.07) is 5.72. The summed E-state index contributed by atoms with van der Waals surface area (Å²) in [4.78, 5) is 25.2. The van der Waals surface area contributed by atoms with Crippen LogP contribution >= 0.6 is 0 Å². The van der Waals surface area contributed by atoms with Crippen LogP contribution in [0.25, 0.3) is 0 Å². The van der Waals surface area contributed by atoms with Gasteiger partial charge in [0.05, 0.1) is 0 Å². The van der Waals surface area contributed by atoms with Crippen molar-refractivity contribution in [2.75, 3.05) is 6.54 Å². The number of rotatable bonds is 2. The average Bonchev–Trinajstić information content (AvgIpc) is 2.18. The second kappa shape index (κ2) is 8.10. The Kier molecular flexibility index (Phi) is 6.85. The van der Waals surface area contributed by atoms with Crippen molar-refractivity contribution < 1.29 is 14.7 Å². The molecule has 5 nitrogen and oxygen atoms in total. The van der Waals surface area contributed by atoms with Crippen LogP contribution in [-0.2, 0) is 9.59 Å². The summed E-state index contributed by atoms with van der Waals surface area (Å²) < 4.78 is 0. The molecule has 0 aromatic carbocycles. The highest BCUT2D eigenvalue weighted by Gasteiger charge is 1.87. The minimum atomic E-state index is -1.12. The van der Waals surface area contributed by atoms with Gasteiger partial charge in [-0.2, -0.15) is 4.99 Å². The van der Waals surface area contributed by atoms with Gasteiger partial charge in [0.2, 0.25) is 6.08 Å². The van der Waals surface area contributed by atoms with Crippen molar-refractivity contribution in [2.24, 2.45) is 4.99 Å². The molecule has 0 atom stereocenters. The monoisotopic (exact) mass is 180 g/mol. The lowest BCUT2D eigenvalue weighted by Crippen LogP contribution is -1.97. The van der Waals surface area contributed by atoms with Gasteiger partial charge in [-0.05, 0) is 12.1 Å². The fourth-order valence-electron chi connectivity index (χ4n) is 0.413. The Labute approximate surface area is 74.8 Å². The maximum absolute atomic E-state index is 9.49. The summed E-state index contributed by atoms with van der Waals surface area (Å²) in [6.07, 6.45) is 4.59. The molecule has 1 rings (SSSR count). The van der Waals surface area contributed by atoms with Crippen molar-refractivity contribution in [3.05, 3.63) is 30.6 Å². The zero-order valence-corrected chi connectivity index (χ0v) is 6.75. The molecule has 0 spiro atoms. The number of carboxylic acids is 1. The predicted molar refractivity (Wildman–Crippen MR) is 44.9 cm³/mol. The molecular formula is C8H8N2O3. The molecule has 0 saturated carbocycles. The smallest absolute Gasteiger partial charge is 0.326 e. The third-order valence-electron chi connectivity index (χ3n) is 0.845. The number of hydrogen-bond acceptors (Lipinski definition) is 4. The maximum atomic E-state index is 9.49. The first-order chi connectivity index (χ1) is 6.27. The number of hydrogen-bond donors (Lipinski definition) is 1. The molecule has 1 aromatic rings. The van der Waals surface area contributed by atoms with Crippen LogP contribution < -0.4 is 0 Å². The van der Waals surface area contributed by atoms with E-state index in [2.05, 4.69) is 9.98 Å². The first-order valence-electron chi connectivity index (χ1n) is 3.37. The number of isocyanates is 1. The highest BCUT2D eigenvalue weighted by atomic mass is 16.4. The van der Waals surface area contributed by atoms with Gasteiger partial charge in [0.1, 0.15) is 6.54 Å². The standard InChI is InChI=1S/C5H5N.C3H3NO3/c1-2-4-6-5-3-1;5-2-4-1-3(6)7/h1-5H;1H2,(H,6,7). The minimum absolute atomic E-state index is 0.483. The molecule has 0 saturated heterocycles. The normalized spacial score (nSPS) is 7.38. The Morgan fingerprint density at radius 2 is 2.00 bits per heavy atom. The van der Waals surface area contributed by atoms with E-state index in [9.17, 15) is 4.79 Å². The van der Waals surface area contributed by atoms with E-state index < -0.39 is 12.5 Å². The summed E-state index contributed by atoms with van der Waals surface area (Å²) in [7, 11) is 0. The lowest BCUT2D eigenvalue weighted by atomic mass is 10.5. The van der Waals surface area contributed by atoms with E-state index in [1.165, 1.54) is 0 Å². The van der Waals surface area contributed by atoms with E-state index in [1.807, 2.05) is 18.2 Å². The van der Waals surface area contributed by atoms with Crippen LogP contribution in [0.4, 0.5) is 0 Å². The van der Waals surface area contributed by atoms with Crippen LogP contribution in [0.15, 0.2) is 35.6 Å². The molecule has 0 unspecified atom stereocenters. The highest BCUT2D eigenvalue weighted by Crippen LogP contribution is 1.73. The summed E-state index contributed by atoms with van der Waals surface area (Å²) in [6.45, 7) is -0.483. The minimum Gasteiger partial charge on any atom is -0.480 e. The number of carbonyl (C=O) groups is 1. The number of pyridine rings is 1. The zero-order valence-electron chi connectivity index (χ0n) is 6.75. The lowest BCUT2D eigenvalue weighted by Gasteiger charge is -1.73. The van der Waals surface area contributed by atoms with E-state index in [0.717, 1.165) is 6.08 Å². The Hall–Kier alpha value is -2.00. The molecule has 68 valence electrons. The van der Waals surface area contributed by atoms with Gasteiger partial charge in [-0.3, -0.25) is 9.78 Å². The third-order valence-corrected chi connectivity index (χ3v) is 0.845. The molecule has 13 heavy (non-hydrogen) atoms. The first-order valence-corrected chi connectivity index (χ1v) is 3.37. The molecule has 0 bridgehead atoms. The Bertz CT molecular complexity index is 254. The molecule has 5 heteroatoms. The summed E-state index contributed by atoms with van der Waals surface area (Å²) in [5.41, 5.74) is 0. The van der Waals surface area contributed by atoms with Gasteiger partial charge in [-0.1, -0.05) is 6.07 Å². The van der Waals surface area contributed by atoms with Crippen LogP contribution in [0.3, 0.4) is 0 Å². The van der Waals surface area contributed by atoms with Gasteiger partial charge in [-0.15, -0.1) is 0 Å². The largest absolute Gasteiger partial charge is 0.480 e. The topological polar surface area (TPSA) is 79.6 Å². The summed E-state index contributed by atoms with van der Waals surface area (Å²) >= 11 is 0. The van der Waals surface area contributed by atoms with Crippen molar-refractivity contribution in [1.82, 2.24) is 4.98 Å². The number of aromatic nitrogens is 1. The number of nitrogens with zero attached hydrogens (tertiary/aromatic N) is 2. The van der Waals surface area contributed by atoms with Gasteiger partial charge in [0.25, 0.3) is 0 Å². The number of carboxylic acid groups (broad SMARTS) is 1. The van der Waals surface area contributed by atoms with E-state index >= 15 is 0 Å². The summed E-state index contributed by atoms with van der Waals surface area (Å²) in [5.74, 6) is -1.12. The second-order valence-corrected chi connectivity index (χ2v) is 1.83. The van der Waals surface area contributed by atoms with Crippen molar-refractivity contribution in [3.63, 3.8) is 0 Å². The molecule has 0 aliphatic carbocycles. The number of carbonyl (C=O) groups excluding carboxylic acids is 1. The van der Waals surface area contributed by atoms with Gasteiger partial charge in [0.15, 0.2) is 0 Å². The average molecular weight is 180 g/mol. The fourth-order valence-corrected chi connectivity index (χ4v) is 0.413. The fraction of sp³-hybridized carbons (Fsp3) is 0.125. The molecule has 0 aliphatic heterocycles. The second-order valence-electron chi connectivity index (χ2n) is 1.83. The SMILES string of the molecule is O=C=NCC(=O)O.c1ccncc1. The molecule has 0 fully saturated rings. The van der Waals surface area contributed by atoms with Crippen LogP contribution in [0.2, 0.25) is 0 Å². The predicted octanol–water partition coefficient (Wildman–Crippen LogP) is 0.488. The molecule has 0 radical (unpaired) electrons. The molecule has 0 amide bonds.